The maximum atomic E-state index is 11.5. The van der Waals surface area contributed by atoms with Crippen LogP contribution in [0.1, 0.15) is 31.7 Å². The summed E-state index contributed by atoms with van der Waals surface area (Å²) >= 11 is 0. The maximum Gasteiger partial charge on any atom is 0.211 e. The van der Waals surface area contributed by atoms with E-state index in [0.29, 0.717) is 6.54 Å². The normalized spacial score (nSPS) is 11.6. The van der Waals surface area contributed by atoms with Gasteiger partial charge in [-0.15, -0.1) is 0 Å². The molecule has 1 heterocycles. The molecule has 5 heteroatoms. The third-order valence-corrected chi connectivity index (χ3v) is 3.92. The maximum absolute atomic E-state index is 11.5. The van der Waals surface area contributed by atoms with Gasteiger partial charge in [-0.2, -0.15) is 0 Å². The van der Waals surface area contributed by atoms with Crippen molar-refractivity contribution in [2.75, 3.05) is 12.3 Å². The van der Waals surface area contributed by atoms with Gasteiger partial charge in [0.2, 0.25) is 10.0 Å². The minimum atomic E-state index is -3.06. The van der Waals surface area contributed by atoms with Crippen molar-refractivity contribution in [3.8, 4) is 0 Å². The van der Waals surface area contributed by atoms with E-state index in [1.807, 2.05) is 25.3 Å². The molecule has 17 heavy (non-hydrogen) atoms. The Morgan fingerprint density at radius 1 is 1.35 bits per heavy atom. The number of aryl methyl sites for hydroxylation is 1. The molecule has 0 atom stereocenters. The van der Waals surface area contributed by atoms with E-state index in [1.54, 1.807) is 6.20 Å². The predicted octanol–water partition coefficient (Wildman–Crippen LogP) is 1.73. The van der Waals surface area contributed by atoms with Crippen molar-refractivity contribution in [1.29, 1.82) is 0 Å². The Hall–Kier alpha value is -0.940. The van der Waals surface area contributed by atoms with Gasteiger partial charge in [0.15, 0.2) is 0 Å². The fraction of sp³-hybridized carbons (Fsp3) is 0.583. The quantitative estimate of drug-likeness (QED) is 0.721. The highest BCUT2D eigenvalue weighted by atomic mass is 32.2. The van der Waals surface area contributed by atoms with E-state index in [4.69, 9.17) is 0 Å². The van der Waals surface area contributed by atoms with E-state index in [9.17, 15) is 8.42 Å². The highest BCUT2D eigenvalue weighted by Crippen LogP contribution is 2.00. The summed E-state index contributed by atoms with van der Waals surface area (Å²) in [6.07, 6.45) is 6.82. The van der Waals surface area contributed by atoms with Gasteiger partial charge >= 0.3 is 0 Å². The van der Waals surface area contributed by atoms with Crippen LogP contribution in [0.4, 0.5) is 0 Å². The van der Waals surface area contributed by atoms with Gasteiger partial charge in [-0.25, -0.2) is 13.1 Å². The molecule has 0 aliphatic rings. The van der Waals surface area contributed by atoms with Gasteiger partial charge in [0.1, 0.15) is 0 Å². The smallest absolute Gasteiger partial charge is 0.211 e. The van der Waals surface area contributed by atoms with Crippen molar-refractivity contribution in [3.63, 3.8) is 0 Å². The number of pyridine rings is 1. The molecule has 0 unspecified atom stereocenters. The van der Waals surface area contributed by atoms with Crippen LogP contribution in [0.2, 0.25) is 0 Å². The van der Waals surface area contributed by atoms with Crippen LogP contribution >= 0.6 is 0 Å². The Balaban J connectivity index is 2.20. The molecule has 4 nitrogen and oxygen atoms in total. The van der Waals surface area contributed by atoms with Crippen molar-refractivity contribution >= 4 is 10.0 Å². The molecule has 96 valence electrons. The first-order valence-electron chi connectivity index (χ1n) is 6.00. The molecular weight excluding hydrogens is 236 g/mol. The molecule has 1 aromatic rings. The average molecular weight is 256 g/mol. The van der Waals surface area contributed by atoms with Gasteiger partial charge < -0.3 is 0 Å². The molecule has 0 bridgehead atoms. The Morgan fingerprint density at radius 3 is 2.82 bits per heavy atom. The van der Waals surface area contributed by atoms with Crippen LogP contribution in [0.5, 0.6) is 0 Å². The van der Waals surface area contributed by atoms with E-state index < -0.39 is 10.0 Å². The van der Waals surface area contributed by atoms with Gasteiger partial charge in [-0.05, 0) is 30.9 Å². The monoisotopic (exact) mass is 256 g/mol. The first kappa shape index (κ1) is 14.1. The molecule has 0 saturated heterocycles. The molecule has 0 aromatic carbocycles. The summed E-state index contributed by atoms with van der Waals surface area (Å²) in [6.45, 7) is 2.48. The molecule has 0 aliphatic heterocycles. The van der Waals surface area contributed by atoms with Crippen LogP contribution in [0, 0.1) is 0 Å². The zero-order valence-corrected chi connectivity index (χ0v) is 11.0. The summed E-state index contributed by atoms with van der Waals surface area (Å²) in [5, 5.41) is 0. The third-order valence-electron chi connectivity index (χ3n) is 2.45. The number of sulfonamides is 1. The van der Waals surface area contributed by atoms with E-state index in [2.05, 4.69) is 9.71 Å². The first-order chi connectivity index (χ1) is 8.14. The number of nitrogens with zero attached hydrogens (tertiary/aromatic N) is 1. The number of aromatic nitrogens is 1. The van der Waals surface area contributed by atoms with Crippen LogP contribution in [0.25, 0.3) is 0 Å². The summed E-state index contributed by atoms with van der Waals surface area (Å²) in [5.41, 5.74) is 1.14. The largest absolute Gasteiger partial charge is 0.264 e. The first-order valence-corrected chi connectivity index (χ1v) is 7.65. The second-order valence-electron chi connectivity index (χ2n) is 4.03. The van der Waals surface area contributed by atoms with Gasteiger partial charge in [0, 0.05) is 18.9 Å². The number of unbranched alkanes of at least 4 members (excludes halogenated alkanes) is 1. The van der Waals surface area contributed by atoms with Gasteiger partial charge in [-0.1, -0.05) is 19.4 Å². The standard InChI is InChI=1S/C12H20N2O2S/c1-2-3-10-17(15,16)14-9-5-7-12-6-4-8-13-11-12/h4,6,8,11,14H,2-3,5,7,9-10H2,1H3. The van der Waals surface area contributed by atoms with Crippen LogP contribution < -0.4 is 4.72 Å². The second-order valence-corrected chi connectivity index (χ2v) is 5.96. The molecule has 1 aromatic heterocycles. The molecule has 0 radical (unpaired) electrons. The fourth-order valence-corrected chi connectivity index (χ4v) is 2.74. The number of hydrogen-bond acceptors (Lipinski definition) is 3. The summed E-state index contributed by atoms with van der Waals surface area (Å²) in [6, 6.07) is 3.89. The summed E-state index contributed by atoms with van der Waals surface area (Å²) in [5.74, 6) is 0.233. The van der Waals surface area contributed by atoms with Crippen molar-refractivity contribution in [2.24, 2.45) is 0 Å². The van der Waals surface area contributed by atoms with Crippen LogP contribution in [-0.2, 0) is 16.4 Å². The van der Waals surface area contributed by atoms with E-state index in [1.165, 1.54) is 0 Å². The predicted molar refractivity (Wildman–Crippen MR) is 69.3 cm³/mol. The van der Waals surface area contributed by atoms with Crippen LogP contribution in [0.3, 0.4) is 0 Å². The highest BCUT2D eigenvalue weighted by molar-refractivity contribution is 7.89. The average Bonchev–Trinajstić information content (AvgIpc) is 2.34. The van der Waals surface area contributed by atoms with Crippen molar-refractivity contribution in [3.05, 3.63) is 30.1 Å². The molecule has 1 N–H and O–H groups in total. The van der Waals surface area contributed by atoms with Gasteiger partial charge in [-0.3, -0.25) is 4.98 Å². The molecule has 0 aliphatic carbocycles. The minimum absolute atomic E-state index is 0.233. The van der Waals surface area contributed by atoms with Crippen LogP contribution in [-0.4, -0.2) is 25.7 Å². The Labute approximate surface area is 104 Å². The topological polar surface area (TPSA) is 59.1 Å². The summed E-state index contributed by atoms with van der Waals surface area (Å²) in [4.78, 5) is 4.01. The highest BCUT2D eigenvalue weighted by Gasteiger charge is 2.07. The van der Waals surface area contributed by atoms with Crippen molar-refractivity contribution < 1.29 is 8.42 Å². The Bertz CT molecular complexity index is 404. The number of rotatable bonds is 8. The van der Waals surface area contributed by atoms with Crippen LogP contribution in [0.15, 0.2) is 24.5 Å². The van der Waals surface area contributed by atoms with Crippen molar-refractivity contribution in [1.82, 2.24) is 9.71 Å². The van der Waals surface area contributed by atoms with Crippen molar-refractivity contribution in [2.45, 2.75) is 32.6 Å². The Morgan fingerprint density at radius 2 is 2.18 bits per heavy atom. The lowest BCUT2D eigenvalue weighted by Crippen LogP contribution is -2.27. The number of hydrogen-bond donors (Lipinski definition) is 1. The van der Waals surface area contributed by atoms with E-state index in [0.717, 1.165) is 31.2 Å². The minimum Gasteiger partial charge on any atom is -0.264 e. The molecule has 0 saturated carbocycles. The van der Waals surface area contributed by atoms with Gasteiger partial charge in [0.05, 0.1) is 5.75 Å². The lowest BCUT2D eigenvalue weighted by molar-refractivity contribution is 0.575. The van der Waals surface area contributed by atoms with E-state index >= 15 is 0 Å². The fourth-order valence-electron chi connectivity index (χ4n) is 1.47. The molecule has 0 amide bonds. The SMILES string of the molecule is CCCCS(=O)(=O)NCCCc1cccnc1. The zero-order chi connectivity index (χ0) is 12.6. The summed E-state index contributed by atoms with van der Waals surface area (Å²) in [7, 11) is -3.06. The third kappa shape index (κ3) is 6.38. The van der Waals surface area contributed by atoms with Gasteiger partial charge in [0.25, 0.3) is 0 Å². The summed E-state index contributed by atoms with van der Waals surface area (Å²) < 4.78 is 25.6. The lowest BCUT2D eigenvalue weighted by Gasteiger charge is -2.05. The molecular formula is C12H20N2O2S. The zero-order valence-electron chi connectivity index (χ0n) is 10.2. The lowest BCUT2D eigenvalue weighted by atomic mass is 10.2. The van der Waals surface area contributed by atoms with E-state index in [-0.39, 0.29) is 5.75 Å². The molecule has 0 spiro atoms. The molecule has 1 rings (SSSR count). The molecule has 0 fully saturated rings. The number of nitrogens with one attached hydrogen (secondary N) is 1. The second kappa shape index (κ2) is 7.40. The Kier molecular flexibility index (Phi) is 6.15.